The van der Waals surface area contributed by atoms with Crippen LogP contribution in [-0.2, 0) is 10.1 Å². The van der Waals surface area contributed by atoms with Crippen LogP contribution in [0.5, 0.6) is 17.2 Å². The summed E-state index contributed by atoms with van der Waals surface area (Å²) < 4.78 is 31.5. The minimum absolute atomic E-state index is 0.197. The Kier molecular flexibility index (Phi) is 2.96. The maximum atomic E-state index is 12.4. The van der Waals surface area contributed by atoms with Crippen LogP contribution >= 0.6 is 0 Å². The van der Waals surface area contributed by atoms with Crippen LogP contribution in [0.4, 0.5) is 0 Å². The maximum Gasteiger partial charge on any atom is 0.298 e. The second-order valence-electron chi connectivity index (χ2n) is 4.83. The Hall–Kier alpha value is -2.91. The molecule has 8 nitrogen and oxygen atoms in total. The number of ketones is 2. The van der Waals surface area contributed by atoms with Gasteiger partial charge in [-0.2, -0.15) is 8.42 Å². The van der Waals surface area contributed by atoms with E-state index in [1.807, 2.05) is 0 Å². The van der Waals surface area contributed by atoms with Crippen molar-refractivity contribution in [2.75, 3.05) is 0 Å². The number of carbonyl (C=O) groups excluding carboxylic acids is 2. The van der Waals surface area contributed by atoms with Gasteiger partial charge in [0.1, 0.15) is 10.6 Å². The standard InChI is InChI=1S/C14H8O8S/c15-7-3-1-2-5-9(7)12(17)6-4-8(23(20,21)22)13(18)14(19)10(6)11(5)16/h1-4,15,18-19H,(H,20,21,22). The molecule has 4 N–H and O–H groups in total. The van der Waals surface area contributed by atoms with Crippen molar-refractivity contribution in [2.45, 2.75) is 4.90 Å². The molecule has 2 aromatic carbocycles. The molecule has 3 rings (SSSR count). The number of hydrogen-bond donors (Lipinski definition) is 4. The molecule has 0 amide bonds. The van der Waals surface area contributed by atoms with Gasteiger partial charge in [0.25, 0.3) is 10.1 Å². The van der Waals surface area contributed by atoms with Gasteiger partial charge in [-0.15, -0.1) is 0 Å². The number of aromatic hydroxyl groups is 3. The summed E-state index contributed by atoms with van der Waals surface area (Å²) in [6, 6.07) is 4.30. The molecule has 1 aliphatic rings. The number of hydrogen-bond acceptors (Lipinski definition) is 7. The lowest BCUT2D eigenvalue weighted by Gasteiger charge is -2.20. The average Bonchev–Trinajstić information content (AvgIpc) is 2.46. The zero-order valence-electron chi connectivity index (χ0n) is 11.1. The topological polar surface area (TPSA) is 149 Å². The molecule has 0 bridgehead atoms. The van der Waals surface area contributed by atoms with E-state index in [0.29, 0.717) is 6.07 Å². The van der Waals surface area contributed by atoms with E-state index in [1.165, 1.54) is 18.2 Å². The van der Waals surface area contributed by atoms with Gasteiger partial charge in [-0.05, 0) is 12.1 Å². The Morgan fingerprint density at radius 2 is 1.43 bits per heavy atom. The third-order valence-corrected chi connectivity index (χ3v) is 4.37. The molecule has 0 saturated carbocycles. The van der Waals surface area contributed by atoms with Gasteiger partial charge in [-0.1, -0.05) is 12.1 Å². The summed E-state index contributed by atoms with van der Waals surface area (Å²) >= 11 is 0. The van der Waals surface area contributed by atoms with Gasteiger partial charge in [0.05, 0.1) is 11.1 Å². The Morgan fingerprint density at radius 1 is 0.826 bits per heavy atom. The summed E-state index contributed by atoms with van der Waals surface area (Å²) in [5.41, 5.74) is -1.70. The molecule has 0 atom stereocenters. The lowest BCUT2D eigenvalue weighted by atomic mass is 9.83. The molecule has 23 heavy (non-hydrogen) atoms. The van der Waals surface area contributed by atoms with E-state index < -0.39 is 55.0 Å². The first-order valence-electron chi connectivity index (χ1n) is 6.12. The summed E-state index contributed by atoms with van der Waals surface area (Å²) in [5, 5.41) is 29.4. The summed E-state index contributed by atoms with van der Waals surface area (Å²) in [6.45, 7) is 0. The highest BCUT2D eigenvalue weighted by atomic mass is 32.2. The van der Waals surface area contributed by atoms with Crippen LogP contribution in [0.1, 0.15) is 31.8 Å². The van der Waals surface area contributed by atoms with Gasteiger partial charge in [0.2, 0.25) is 0 Å². The van der Waals surface area contributed by atoms with Crippen LogP contribution in [0.3, 0.4) is 0 Å². The fourth-order valence-corrected chi connectivity index (χ4v) is 3.08. The molecule has 0 spiro atoms. The van der Waals surface area contributed by atoms with Crippen molar-refractivity contribution < 1.29 is 37.9 Å². The van der Waals surface area contributed by atoms with E-state index >= 15 is 0 Å². The molecule has 2 aromatic rings. The number of carbonyl (C=O) groups is 2. The normalized spacial score (nSPS) is 13.6. The average molecular weight is 336 g/mol. The van der Waals surface area contributed by atoms with Gasteiger partial charge in [-0.3, -0.25) is 14.1 Å². The number of phenolic OH excluding ortho intramolecular Hbond substituents is 3. The lowest BCUT2D eigenvalue weighted by molar-refractivity contribution is 0.0973. The Bertz CT molecular complexity index is 1000. The highest BCUT2D eigenvalue weighted by Gasteiger charge is 2.37. The Labute approximate surface area is 129 Å². The fraction of sp³-hybridized carbons (Fsp3) is 0. The second kappa shape index (κ2) is 4.54. The zero-order valence-corrected chi connectivity index (χ0v) is 12.0. The third kappa shape index (κ3) is 1.98. The van der Waals surface area contributed by atoms with Gasteiger partial charge < -0.3 is 15.3 Å². The van der Waals surface area contributed by atoms with Crippen molar-refractivity contribution in [3.05, 3.63) is 46.5 Å². The predicted molar refractivity (Wildman–Crippen MR) is 74.6 cm³/mol. The van der Waals surface area contributed by atoms with Gasteiger partial charge in [0, 0.05) is 11.1 Å². The first-order valence-corrected chi connectivity index (χ1v) is 7.56. The van der Waals surface area contributed by atoms with E-state index in [9.17, 15) is 33.3 Å². The van der Waals surface area contributed by atoms with Crippen LogP contribution in [0.2, 0.25) is 0 Å². The van der Waals surface area contributed by atoms with Gasteiger partial charge in [0.15, 0.2) is 23.1 Å². The van der Waals surface area contributed by atoms with Crippen molar-refractivity contribution in [3.8, 4) is 17.2 Å². The summed E-state index contributed by atoms with van der Waals surface area (Å²) in [6.07, 6.45) is 0. The molecule has 0 aliphatic heterocycles. The number of fused-ring (bicyclic) bond motifs is 2. The highest BCUT2D eigenvalue weighted by molar-refractivity contribution is 7.86. The van der Waals surface area contributed by atoms with Crippen LogP contribution in [0.25, 0.3) is 0 Å². The molecule has 9 heteroatoms. The molecular weight excluding hydrogens is 328 g/mol. The minimum atomic E-state index is -4.95. The lowest BCUT2D eigenvalue weighted by Crippen LogP contribution is -2.22. The quantitative estimate of drug-likeness (QED) is 0.377. The third-order valence-electron chi connectivity index (χ3n) is 3.50. The van der Waals surface area contributed by atoms with Crippen molar-refractivity contribution in [1.29, 1.82) is 0 Å². The SMILES string of the molecule is O=C1c2cc(S(=O)(=O)O)c(O)c(O)c2C(=O)c2cccc(O)c21. The predicted octanol–water partition coefficient (Wildman–Crippen LogP) is 0.825. The molecular formula is C14H8O8S. The van der Waals surface area contributed by atoms with Gasteiger partial charge in [-0.25, -0.2) is 0 Å². The fourth-order valence-electron chi connectivity index (χ4n) is 2.48. The molecule has 0 aromatic heterocycles. The van der Waals surface area contributed by atoms with E-state index in [0.717, 1.165) is 0 Å². The molecule has 0 saturated heterocycles. The van der Waals surface area contributed by atoms with Gasteiger partial charge >= 0.3 is 0 Å². The Morgan fingerprint density at radius 3 is 2.04 bits per heavy atom. The van der Waals surface area contributed by atoms with Crippen molar-refractivity contribution in [3.63, 3.8) is 0 Å². The van der Waals surface area contributed by atoms with E-state index in [4.69, 9.17) is 4.55 Å². The van der Waals surface area contributed by atoms with Crippen molar-refractivity contribution >= 4 is 21.7 Å². The maximum absolute atomic E-state index is 12.4. The Balaban J connectivity index is 2.44. The van der Waals surface area contributed by atoms with Crippen molar-refractivity contribution in [2.24, 2.45) is 0 Å². The molecule has 118 valence electrons. The van der Waals surface area contributed by atoms with E-state index in [1.54, 1.807) is 0 Å². The van der Waals surface area contributed by atoms with Crippen LogP contribution in [0, 0.1) is 0 Å². The van der Waals surface area contributed by atoms with Crippen LogP contribution in [-0.4, -0.2) is 39.9 Å². The second-order valence-corrected chi connectivity index (χ2v) is 6.22. The summed E-state index contributed by atoms with van der Waals surface area (Å²) in [5.74, 6) is -4.67. The van der Waals surface area contributed by atoms with Crippen LogP contribution < -0.4 is 0 Å². The molecule has 0 fully saturated rings. The van der Waals surface area contributed by atoms with Crippen molar-refractivity contribution in [1.82, 2.24) is 0 Å². The molecule has 0 radical (unpaired) electrons. The summed E-state index contributed by atoms with van der Waals surface area (Å²) in [7, 11) is -4.95. The monoisotopic (exact) mass is 336 g/mol. The smallest absolute Gasteiger partial charge is 0.298 e. The largest absolute Gasteiger partial charge is 0.507 e. The first kappa shape index (κ1) is 15.0. The number of rotatable bonds is 1. The van der Waals surface area contributed by atoms with Crippen LogP contribution in [0.15, 0.2) is 29.2 Å². The number of phenols is 3. The number of benzene rings is 2. The highest BCUT2D eigenvalue weighted by Crippen LogP contribution is 2.43. The molecule has 0 unspecified atom stereocenters. The van der Waals surface area contributed by atoms with E-state index in [2.05, 4.69) is 0 Å². The first-order chi connectivity index (χ1) is 10.6. The molecule has 0 heterocycles. The molecule has 1 aliphatic carbocycles. The minimum Gasteiger partial charge on any atom is -0.507 e. The van der Waals surface area contributed by atoms with E-state index in [-0.39, 0.29) is 11.1 Å². The zero-order chi connectivity index (χ0) is 17.1. The summed E-state index contributed by atoms with van der Waals surface area (Å²) in [4.78, 5) is 23.7.